The molecule has 3 saturated heterocycles. The number of carbonyl (C=O) groups is 3. The molecule has 2 bridgehead atoms. The number of nitrogens with one attached hydrogen (secondary N) is 1. The number of fused-ring (bicyclic) bond motifs is 2. The van der Waals surface area contributed by atoms with Gasteiger partial charge in [-0.15, -0.1) is 0 Å². The number of hydrogen-bond acceptors (Lipinski definition) is 8. The van der Waals surface area contributed by atoms with Crippen molar-refractivity contribution in [3.63, 3.8) is 0 Å². The predicted molar refractivity (Wildman–Crippen MR) is 126 cm³/mol. The van der Waals surface area contributed by atoms with Crippen molar-refractivity contribution >= 4 is 17.5 Å². The number of carbonyl (C=O) groups excluding carboxylic acids is 3. The smallest absolute Gasteiger partial charge is 0.309 e. The molecule has 194 valence electrons. The maximum Gasteiger partial charge on any atom is 0.309 e. The molecule has 8 nitrogen and oxygen atoms in total. The van der Waals surface area contributed by atoms with Crippen molar-refractivity contribution in [3.8, 4) is 0 Å². The molecule has 0 radical (unpaired) electrons. The van der Waals surface area contributed by atoms with Crippen LogP contribution in [0.4, 0.5) is 0 Å². The molecule has 0 unspecified atom stereocenters. The van der Waals surface area contributed by atoms with Crippen molar-refractivity contribution in [2.24, 2.45) is 34.5 Å². The Morgan fingerprint density at radius 1 is 1.23 bits per heavy atom. The van der Waals surface area contributed by atoms with Gasteiger partial charge in [0.1, 0.15) is 18.0 Å². The lowest BCUT2D eigenvalue weighted by Crippen LogP contribution is -2.74. The molecule has 0 aromatic carbocycles. The van der Waals surface area contributed by atoms with Crippen LogP contribution in [0.1, 0.15) is 65.2 Å². The van der Waals surface area contributed by atoms with Gasteiger partial charge in [-0.2, -0.15) is 0 Å². The van der Waals surface area contributed by atoms with E-state index >= 15 is 0 Å². The first-order valence-corrected chi connectivity index (χ1v) is 13.2. The molecule has 6 aliphatic rings. The van der Waals surface area contributed by atoms with Crippen LogP contribution in [0.25, 0.3) is 0 Å². The summed E-state index contributed by atoms with van der Waals surface area (Å²) < 4.78 is 11.6. The van der Waals surface area contributed by atoms with E-state index in [-0.39, 0.29) is 60.2 Å². The summed E-state index contributed by atoms with van der Waals surface area (Å²) in [5.74, 6) is -2.92. The molecule has 0 aromatic heterocycles. The second kappa shape index (κ2) is 8.75. The first-order valence-electron chi connectivity index (χ1n) is 13.2. The number of ether oxygens (including phenoxy) is 2. The molecule has 8 heteroatoms. The Morgan fingerprint density at radius 3 is 2.66 bits per heavy atom. The summed E-state index contributed by atoms with van der Waals surface area (Å²) >= 11 is 0. The maximum atomic E-state index is 13.4. The highest BCUT2D eigenvalue weighted by atomic mass is 16.6. The first kappa shape index (κ1) is 25.1. The highest BCUT2D eigenvalue weighted by Crippen LogP contribution is 2.65. The number of aliphatic hydroxyl groups excluding tert-OH is 1. The zero-order valence-electron chi connectivity index (χ0n) is 20.9. The van der Waals surface area contributed by atoms with Crippen LogP contribution in [0, 0.1) is 34.5 Å². The van der Waals surface area contributed by atoms with Crippen LogP contribution in [0.5, 0.6) is 0 Å². The van der Waals surface area contributed by atoms with Gasteiger partial charge in [0, 0.05) is 31.1 Å². The quantitative estimate of drug-likeness (QED) is 0.396. The monoisotopic (exact) mass is 489 g/mol. The molecule has 0 amide bonds. The van der Waals surface area contributed by atoms with E-state index < -0.39 is 29.3 Å². The first-order chi connectivity index (χ1) is 16.5. The Kier molecular flexibility index (Phi) is 6.27. The van der Waals surface area contributed by atoms with Crippen molar-refractivity contribution in [2.75, 3.05) is 19.7 Å². The van der Waals surface area contributed by atoms with E-state index in [0.29, 0.717) is 31.3 Å². The SMILES string of the molecule is C=C1C(=O)C[C@H](OC(=O)C2CCNCC2)[C@H]1CC[C@@H]1C[C@]2(O)OC[C@]13C(=O)CCC(C)(C)[C@H]3[C@@H]2O. The fourth-order valence-electron chi connectivity index (χ4n) is 7.89. The summed E-state index contributed by atoms with van der Waals surface area (Å²) in [5.41, 5.74) is -0.686. The van der Waals surface area contributed by atoms with Crippen LogP contribution in [-0.2, 0) is 23.9 Å². The van der Waals surface area contributed by atoms with Crippen molar-refractivity contribution < 1.29 is 34.1 Å². The highest BCUT2D eigenvalue weighted by molar-refractivity contribution is 5.98. The topological polar surface area (TPSA) is 122 Å². The number of ketones is 2. The van der Waals surface area contributed by atoms with E-state index in [1.54, 1.807) is 0 Å². The molecular formula is C27H39NO7. The summed E-state index contributed by atoms with van der Waals surface area (Å²) in [6.45, 7) is 9.80. The van der Waals surface area contributed by atoms with E-state index in [1.807, 2.05) is 0 Å². The zero-order chi connectivity index (χ0) is 25.2. The van der Waals surface area contributed by atoms with E-state index in [4.69, 9.17) is 9.47 Å². The highest BCUT2D eigenvalue weighted by Gasteiger charge is 2.71. The van der Waals surface area contributed by atoms with Gasteiger partial charge in [0.25, 0.3) is 0 Å². The van der Waals surface area contributed by atoms with Crippen LogP contribution < -0.4 is 5.32 Å². The van der Waals surface area contributed by atoms with Gasteiger partial charge in [-0.25, -0.2) is 0 Å². The molecule has 3 aliphatic carbocycles. The molecule has 7 atom stereocenters. The van der Waals surface area contributed by atoms with Crippen molar-refractivity contribution in [1.82, 2.24) is 5.32 Å². The zero-order valence-corrected chi connectivity index (χ0v) is 20.9. The lowest BCUT2D eigenvalue weighted by atomic mass is 9.43. The third-order valence-corrected chi connectivity index (χ3v) is 9.93. The molecule has 3 N–H and O–H groups in total. The number of rotatable bonds is 5. The molecule has 3 heterocycles. The standard InChI is InChI=1S/C27H39NO7/c1-15-18(20(12-19(15)29)35-24(32)16-7-10-28-11-8-16)5-4-17-13-27(33)23(31)22-25(2,3)9-6-21(30)26(17,22)14-34-27/h16-18,20,22-23,28,31,33H,1,4-14H2,2-3H3/t17-,18+,20+,22-,23+,26-,27+/m1/s1. The van der Waals surface area contributed by atoms with Crippen molar-refractivity contribution in [3.05, 3.63) is 12.2 Å². The average Bonchev–Trinajstić information content (AvgIpc) is 3.09. The molecular weight excluding hydrogens is 450 g/mol. The van der Waals surface area contributed by atoms with E-state index in [1.165, 1.54) is 0 Å². The van der Waals surface area contributed by atoms with Gasteiger partial charge in [0.2, 0.25) is 0 Å². The Morgan fingerprint density at radius 2 is 1.94 bits per heavy atom. The Bertz CT molecular complexity index is 924. The third-order valence-electron chi connectivity index (χ3n) is 9.93. The Hall–Kier alpha value is -1.61. The normalized spacial score (nSPS) is 43.3. The van der Waals surface area contributed by atoms with E-state index in [2.05, 4.69) is 25.7 Å². The molecule has 3 aliphatic heterocycles. The minimum atomic E-state index is -1.67. The summed E-state index contributed by atoms with van der Waals surface area (Å²) in [4.78, 5) is 38.8. The van der Waals surface area contributed by atoms with Crippen LogP contribution in [0.2, 0.25) is 0 Å². The molecule has 3 saturated carbocycles. The van der Waals surface area contributed by atoms with Crippen LogP contribution in [-0.4, -0.2) is 65.4 Å². The van der Waals surface area contributed by atoms with Gasteiger partial charge in [-0.1, -0.05) is 20.4 Å². The summed E-state index contributed by atoms with van der Waals surface area (Å²) in [6.07, 6.45) is 2.34. The van der Waals surface area contributed by atoms with Gasteiger partial charge in [0.15, 0.2) is 11.6 Å². The minimum absolute atomic E-state index is 0.0772. The average molecular weight is 490 g/mol. The van der Waals surface area contributed by atoms with Crippen molar-refractivity contribution in [1.29, 1.82) is 0 Å². The summed E-state index contributed by atoms with van der Waals surface area (Å²) in [7, 11) is 0. The van der Waals surface area contributed by atoms with Gasteiger partial charge < -0.3 is 25.0 Å². The van der Waals surface area contributed by atoms with E-state index in [0.717, 1.165) is 25.9 Å². The van der Waals surface area contributed by atoms with Crippen molar-refractivity contribution in [2.45, 2.75) is 83.2 Å². The van der Waals surface area contributed by atoms with Crippen LogP contribution in [0.15, 0.2) is 12.2 Å². The molecule has 6 rings (SSSR count). The predicted octanol–water partition coefficient (Wildman–Crippen LogP) is 1.91. The second-order valence-electron chi connectivity index (χ2n) is 12.2. The second-order valence-corrected chi connectivity index (χ2v) is 12.2. The fraction of sp³-hybridized carbons (Fsp3) is 0.815. The van der Waals surface area contributed by atoms with Crippen LogP contribution in [0.3, 0.4) is 0 Å². The van der Waals surface area contributed by atoms with E-state index in [9.17, 15) is 24.6 Å². The summed E-state index contributed by atoms with van der Waals surface area (Å²) in [5, 5.41) is 25.5. The molecule has 35 heavy (non-hydrogen) atoms. The number of aliphatic hydroxyl groups is 2. The molecule has 6 fully saturated rings. The van der Waals surface area contributed by atoms with Gasteiger partial charge in [-0.3, -0.25) is 14.4 Å². The molecule has 0 aromatic rings. The van der Waals surface area contributed by atoms with Crippen LogP contribution >= 0.6 is 0 Å². The number of Topliss-reactive ketones (excluding diaryl/α,β-unsaturated/α-hetero) is 2. The fourth-order valence-corrected chi connectivity index (χ4v) is 7.89. The lowest BCUT2D eigenvalue weighted by molar-refractivity contribution is -0.378. The third kappa shape index (κ3) is 3.92. The van der Waals surface area contributed by atoms with Gasteiger partial charge in [0.05, 0.1) is 17.9 Å². The summed E-state index contributed by atoms with van der Waals surface area (Å²) in [6, 6.07) is 0. The largest absolute Gasteiger partial charge is 0.461 e. The Labute approximate surface area is 206 Å². The maximum absolute atomic E-state index is 13.4. The number of piperidine rings is 1. The lowest BCUT2D eigenvalue weighted by Gasteiger charge is -2.66. The number of esters is 1. The minimum Gasteiger partial charge on any atom is -0.461 e. The molecule has 1 spiro atoms. The van der Waals surface area contributed by atoms with Gasteiger partial charge >= 0.3 is 5.97 Å². The Balaban J connectivity index is 1.34. The van der Waals surface area contributed by atoms with Gasteiger partial charge in [-0.05, 0) is 62.1 Å². The number of hydrogen-bond donors (Lipinski definition) is 3.